The van der Waals surface area contributed by atoms with Crippen molar-refractivity contribution in [3.63, 3.8) is 0 Å². The Balaban J connectivity index is 1.42. The van der Waals surface area contributed by atoms with E-state index in [0.717, 1.165) is 44.8 Å². The number of hydrogen-bond donors (Lipinski definition) is 1. The van der Waals surface area contributed by atoms with E-state index in [1.54, 1.807) is 0 Å². The van der Waals surface area contributed by atoms with Gasteiger partial charge in [0.25, 0.3) is 0 Å². The number of piperazine rings is 1. The van der Waals surface area contributed by atoms with Crippen LogP contribution in [0.5, 0.6) is 0 Å². The van der Waals surface area contributed by atoms with Gasteiger partial charge in [0.05, 0.1) is 0 Å². The minimum Gasteiger partial charge on any atom is -0.445 e. The summed E-state index contributed by atoms with van der Waals surface area (Å²) in [4.78, 5) is 16.3. The molecule has 1 N–H and O–H groups in total. The summed E-state index contributed by atoms with van der Waals surface area (Å²) in [6.45, 7) is 5.96. The van der Waals surface area contributed by atoms with Crippen LogP contribution in [0.4, 0.5) is 4.79 Å². The van der Waals surface area contributed by atoms with Gasteiger partial charge in [0.2, 0.25) is 0 Å². The first kappa shape index (κ1) is 13.4. The van der Waals surface area contributed by atoms with Crippen molar-refractivity contribution in [2.75, 3.05) is 39.3 Å². The second-order valence-corrected chi connectivity index (χ2v) is 5.38. The summed E-state index contributed by atoms with van der Waals surface area (Å²) in [5, 5.41) is 3.28. The summed E-state index contributed by atoms with van der Waals surface area (Å²) in [7, 11) is 0. The van der Waals surface area contributed by atoms with Crippen LogP contribution >= 0.6 is 0 Å². The minimum atomic E-state index is -0.194. The molecular formula is C15H21N3O2. The monoisotopic (exact) mass is 275 g/mol. The van der Waals surface area contributed by atoms with Crippen LogP contribution in [0, 0.1) is 0 Å². The lowest BCUT2D eigenvalue weighted by Gasteiger charge is -2.42. The quantitative estimate of drug-likeness (QED) is 0.891. The predicted molar refractivity (Wildman–Crippen MR) is 76.4 cm³/mol. The van der Waals surface area contributed by atoms with Gasteiger partial charge in [0.1, 0.15) is 6.61 Å². The molecule has 0 unspecified atom stereocenters. The summed E-state index contributed by atoms with van der Waals surface area (Å²) in [5.74, 6) is 0. The highest BCUT2D eigenvalue weighted by molar-refractivity contribution is 5.67. The molecule has 108 valence electrons. The van der Waals surface area contributed by atoms with Crippen LogP contribution in [0.3, 0.4) is 0 Å². The van der Waals surface area contributed by atoms with Crippen molar-refractivity contribution in [3.8, 4) is 0 Å². The molecule has 1 amide bonds. The van der Waals surface area contributed by atoms with Gasteiger partial charge in [-0.1, -0.05) is 30.3 Å². The van der Waals surface area contributed by atoms with E-state index in [-0.39, 0.29) is 6.09 Å². The van der Waals surface area contributed by atoms with Crippen LogP contribution < -0.4 is 5.32 Å². The van der Waals surface area contributed by atoms with Crippen molar-refractivity contribution >= 4 is 6.09 Å². The molecule has 0 saturated carbocycles. The lowest BCUT2D eigenvalue weighted by molar-refractivity contribution is 0.0499. The molecule has 5 nitrogen and oxygen atoms in total. The van der Waals surface area contributed by atoms with Gasteiger partial charge >= 0.3 is 6.09 Å². The molecule has 0 aromatic heterocycles. The Bertz CT molecular complexity index is 440. The Hall–Kier alpha value is -1.59. The highest BCUT2D eigenvalue weighted by atomic mass is 16.6. The molecule has 1 aromatic carbocycles. The standard InChI is InChI=1S/C15H21N3O2/c19-15(20-12-13-4-2-1-3-5-13)18-8-6-17(7-9-18)14-10-16-11-14/h1-5,14,16H,6-12H2. The van der Waals surface area contributed by atoms with Crippen molar-refractivity contribution < 1.29 is 9.53 Å². The van der Waals surface area contributed by atoms with Gasteiger partial charge in [-0.05, 0) is 5.56 Å². The van der Waals surface area contributed by atoms with Crippen molar-refractivity contribution in [1.29, 1.82) is 0 Å². The van der Waals surface area contributed by atoms with Crippen LogP contribution in [0.1, 0.15) is 5.56 Å². The van der Waals surface area contributed by atoms with E-state index in [1.807, 2.05) is 35.2 Å². The molecule has 2 heterocycles. The molecule has 1 aromatic rings. The summed E-state index contributed by atoms with van der Waals surface area (Å²) >= 11 is 0. The average molecular weight is 275 g/mol. The Kier molecular flexibility index (Phi) is 4.18. The van der Waals surface area contributed by atoms with Gasteiger partial charge in [-0.15, -0.1) is 0 Å². The Morgan fingerprint density at radius 2 is 1.85 bits per heavy atom. The third-order valence-electron chi connectivity index (χ3n) is 4.05. The average Bonchev–Trinajstić information content (AvgIpc) is 2.45. The molecular weight excluding hydrogens is 254 g/mol. The fourth-order valence-corrected chi connectivity index (χ4v) is 2.61. The fourth-order valence-electron chi connectivity index (χ4n) is 2.61. The Labute approximate surface area is 119 Å². The molecule has 5 heteroatoms. The lowest BCUT2D eigenvalue weighted by Crippen LogP contribution is -2.62. The van der Waals surface area contributed by atoms with Gasteiger partial charge in [-0.2, -0.15) is 0 Å². The van der Waals surface area contributed by atoms with E-state index >= 15 is 0 Å². The van der Waals surface area contributed by atoms with Crippen molar-refractivity contribution in [3.05, 3.63) is 35.9 Å². The molecule has 0 atom stereocenters. The third kappa shape index (κ3) is 3.11. The third-order valence-corrected chi connectivity index (χ3v) is 4.05. The van der Waals surface area contributed by atoms with Gasteiger partial charge < -0.3 is 15.0 Å². The molecule has 0 radical (unpaired) electrons. The van der Waals surface area contributed by atoms with Crippen LogP contribution in [0.25, 0.3) is 0 Å². The normalized spacial score (nSPS) is 20.5. The maximum atomic E-state index is 12.0. The van der Waals surface area contributed by atoms with Crippen molar-refractivity contribution in [2.45, 2.75) is 12.6 Å². The number of rotatable bonds is 3. The van der Waals surface area contributed by atoms with E-state index in [0.29, 0.717) is 12.6 Å². The topological polar surface area (TPSA) is 44.8 Å². The highest BCUT2D eigenvalue weighted by Gasteiger charge is 2.29. The van der Waals surface area contributed by atoms with E-state index in [2.05, 4.69) is 10.2 Å². The second kappa shape index (κ2) is 6.24. The van der Waals surface area contributed by atoms with E-state index < -0.39 is 0 Å². The van der Waals surface area contributed by atoms with E-state index in [1.165, 1.54) is 0 Å². The number of benzene rings is 1. The first-order chi connectivity index (χ1) is 9.83. The summed E-state index contributed by atoms with van der Waals surface area (Å²) in [5.41, 5.74) is 1.03. The van der Waals surface area contributed by atoms with E-state index in [4.69, 9.17) is 4.74 Å². The number of hydrogen-bond acceptors (Lipinski definition) is 4. The maximum Gasteiger partial charge on any atom is 0.410 e. The lowest BCUT2D eigenvalue weighted by atomic mass is 10.1. The number of amides is 1. The van der Waals surface area contributed by atoms with Gasteiger partial charge in [0, 0.05) is 45.3 Å². The molecule has 2 aliphatic heterocycles. The van der Waals surface area contributed by atoms with Crippen molar-refractivity contribution in [2.24, 2.45) is 0 Å². The molecule has 2 saturated heterocycles. The van der Waals surface area contributed by atoms with Crippen molar-refractivity contribution in [1.82, 2.24) is 15.1 Å². The van der Waals surface area contributed by atoms with Gasteiger partial charge in [-0.25, -0.2) is 4.79 Å². The summed E-state index contributed by atoms with van der Waals surface area (Å²) in [6, 6.07) is 10.5. The van der Waals surface area contributed by atoms with Crippen LogP contribution in [-0.2, 0) is 11.3 Å². The van der Waals surface area contributed by atoms with Gasteiger partial charge in [0.15, 0.2) is 0 Å². The molecule has 3 rings (SSSR count). The Morgan fingerprint density at radius 1 is 1.15 bits per heavy atom. The number of nitrogens with one attached hydrogen (secondary N) is 1. The SMILES string of the molecule is O=C(OCc1ccccc1)N1CCN(C2CNC2)CC1. The van der Waals surface area contributed by atoms with E-state index in [9.17, 15) is 4.79 Å². The predicted octanol–water partition coefficient (Wildman–Crippen LogP) is 0.913. The smallest absolute Gasteiger partial charge is 0.410 e. The second-order valence-electron chi connectivity index (χ2n) is 5.38. The first-order valence-corrected chi connectivity index (χ1v) is 7.23. The zero-order valence-electron chi connectivity index (χ0n) is 11.6. The summed E-state index contributed by atoms with van der Waals surface area (Å²) in [6.07, 6.45) is -0.194. The Morgan fingerprint density at radius 3 is 2.45 bits per heavy atom. The largest absolute Gasteiger partial charge is 0.445 e. The molecule has 0 bridgehead atoms. The number of carbonyl (C=O) groups excluding carboxylic acids is 1. The number of ether oxygens (including phenoxy) is 1. The molecule has 0 spiro atoms. The number of carbonyl (C=O) groups is 1. The minimum absolute atomic E-state index is 0.194. The molecule has 0 aliphatic carbocycles. The summed E-state index contributed by atoms with van der Waals surface area (Å²) < 4.78 is 5.36. The zero-order chi connectivity index (χ0) is 13.8. The maximum absolute atomic E-state index is 12.0. The van der Waals surface area contributed by atoms with Crippen LogP contribution in [0.2, 0.25) is 0 Å². The highest BCUT2D eigenvalue weighted by Crippen LogP contribution is 2.11. The fraction of sp³-hybridized carbons (Fsp3) is 0.533. The van der Waals surface area contributed by atoms with Crippen LogP contribution in [0.15, 0.2) is 30.3 Å². The zero-order valence-corrected chi connectivity index (χ0v) is 11.6. The molecule has 2 aliphatic rings. The van der Waals surface area contributed by atoms with Gasteiger partial charge in [-0.3, -0.25) is 4.90 Å². The molecule has 20 heavy (non-hydrogen) atoms. The first-order valence-electron chi connectivity index (χ1n) is 7.23. The molecule has 2 fully saturated rings. The van der Waals surface area contributed by atoms with Crippen LogP contribution in [-0.4, -0.2) is 61.2 Å². The number of nitrogens with zero attached hydrogens (tertiary/aromatic N) is 2.